The number of rotatable bonds is 2. The summed E-state index contributed by atoms with van der Waals surface area (Å²) in [4.78, 5) is 23.1. The molecule has 0 aliphatic heterocycles. The molecule has 0 spiro atoms. The van der Waals surface area contributed by atoms with Crippen LogP contribution in [0.4, 0.5) is 0 Å². The van der Waals surface area contributed by atoms with Gasteiger partial charge in [0.05, 0.1) is 25.3 Å². The largest absolute Gasteiger partial charge is 0.465 e. The Hall–Kier alpha value is -2.82. The lowest BCUT2D eigenvalue weighted by Crippen LogP contribution is -2.00. The molecule has 0 unspecified atom stereocenters. The highest BCUT2D eigenvalue weighted by atomic mass is 16.5. The van der Waals surface area contributed by atoms with Crippen molar-refractivity contribution >= 4 is 33.9 Å². The van der Waals surface area contributed by atoms with Gasteiger partial charge in [-0.15, -0.1) is 0 Å². The van der Waals surface area contributed by atoms with Crippen molar-refractivity contribution in [2.75, 3.05) is 14.2 Å². The molecular formula is C16H12O5. The second-order valence-corrected chi connectivity index (χ2v) is 4.51. The summed E-state index contributed by atoms with van der Waals surface area (Å²) in [6.45, 7) is 0. The van der Waals surface area contributed by atoms with Crippen molar-refractivity contribution in [2.45, 2.75) is 0 Å². The molecule has 21 heavy (non-hydrogen) atoms. The number of esters is 2. The van der Waals surface area contributed by atoms with E-state index in [0.29, 0.717) is 22.3 Å². The van der Waals surface area contributed by atoms with Gasteiger partial charge >= 0.3 is 11.9 Å². The van der Waals surface area contributed by atoms with Crippen LogP contribution in [0.15, 0.2) is 40.8 Å². The summed E-state index contributed by atoms with van der Waals surface area (Å²) in [5.41, 5.74) is 1.96. The molecule has 0 N–H and O–H groups in total. The molecule has 0 saturated heterocycles. The molecule has 0 amide bonds. The first-order valence-corrected chi connectivity index (χ1v) is 6.27. The zero-order valence-corrected chi connectivity index (χ0v) is 11.5. The topological polar surface area (TPSA) is 65.7 Å². The number of carbonyl (C=O) groups is 2. The molecule has 5 nitrogen and oxygen atoms in total. The van der Waals surface area contributed by atoms with E-state index in [0.717, 1.165) is 10.8 Å². The quantitative estimate of drug-likeness (QED) is 0.676. The number of hydrogen-bond acceptors (Lipinski definition) is 5. The lowest BCUT2D eigenvalue weighted by atomic mass is 10.1. The van der Waals surface area contributed by atoms with Gasteiger partial charge in [-0.3, -0.25) is 0 Å². The van der Waals surface area contributed by atoms with Gasteiger partial charge in [0.25, 0.3) is 0 Å². The van der Waals surface area contributed by atoms with E-state index in [1.165, 1.54) is 14.2 Å². The maximum atomic E-state index is 11.5. The van der Waals surface area contributed by atoms with Crippen LogP contribution in [0.25, 0.3) is 21.9 Å². The van der Waals surface area contributed by atoms with Crippen LogP contribution in [0.2, 0.25) is 0 Å². The van der Waals surface area contributed by atoms with E-state index in [9.17, 15) is 9.59 Å². The molecule has 1 aromatic heterocycles. The van der Waals surface area contributed by atoms with E-state index in [1.54, 1.807) is 36.4 Å². The third kappa shape index (κ3) is 2.12. The minimum Gasteiger partial charge on any atom is -0.465 e. The molecular weight excluding hydrogens is 272 g/mol. The smallest absolute Gasteiger partial charge is 0.337 e. The summed E-state index contributed by atoms with van der Waals surface area (Å²) < 4.78 is 15.1. The van der Waals surface area contributed by atoms with Crippen molar-refractivity contribution in [1.29, 1.82) is 0 Å². The maximum Gasteiger partial charge on any atom is 0.337 e. The molecule has 2 aromatic carbocycles. The van der Waals surface area contributed by atoms with Crippen LogP contribution < -0.4 is 0 Å². The predicted octanol–water partition coefficient (Wildman–Crippen LogP) is 3.16. The minimum absolute atomic E-state index is 0.414. The number of benzene rings is 2. The van der Waals surface area contributed by atoms with Gasteiger partial charge in [-0.25, -0.2) is 9.59 Å². The first-order valence-electron chi connectivity index (χ1n) is 6.27. The SMILES string of the molecule is COC(=O)c1ccc2c(c1)oc1cc(C(=O)OC)ccc12. The fraction of sp³-hybridized carbons (Fsp3) is 0.125. The van der Waals surface area contributed by atoms with Gasteiger partial charge in [0.1, 0.15) is 11.2 Å². The van der Waals surface area contributed by atoms with E-state index >= 15 is 0 Å². The van der Waals surface area contributed by atoms with Crippen LogP contribution in [0.3, 0.4) is 0 Å². The van der Waals surface area contributed by atoms with Gasteiger partial charge in [-0.05, 0) is 36.4 Å². The van der Waals surface area contributed by atoms with Gasteiger partial charge < -0.3 is 13.9 Å². The number of hydrogen-bond donors (Lipinski definition) is 0. The second kappa shape index (κ2) is 4.94. The van der Waals surface area contributed by atoms with Gasteiger partial charge in [-0.2, -0.15) is 0 Å². The first-order chi connectivity index (χ1) is 10.1. The summed E-state index contributed by atoms with van der Waals surface area (Å²) in [6, 6.07) is 10.2. The van der Waals surface area contributed by atoms with Crippen molar-refractivity contribution in [3.05, 3.63) is 47.5 Å². The number of fused-ring (bicyclic) bond motifs is 3. The Morgan fingerprint density at radius 2 is 1.24 bits per heavy atom. The molecule has 0 aliphatic carbocycles. The van der Waals surface area contributed by atoms with Crippen molar-refractivity contribution < 1.29 is 23.5 Å². The summed E-state index contributed by atoms with van der Waals surface area (Å²) in [5.74, 6) is -0.847. The Labute approximate surface area is 120 Å². The highest BCUT2D eigenvalue weighted by Gasteiger charge is 2.13. The standard InChI is InChI=1S/C16H12O5/c1-19-15(17)9-3-5-11-12-6-4-10(16(18)20-2)8-14(12)21-13(11)7-9/h3-8H,1-2H3. The average molecular weight is 284 g/mol. The predicted molar refractivity (Wildman–Crippen MR) is 76.4 cm³/mol. The molecule has 3 aromatic rings. The molecule has 3 rings (SSSR count). The summed E-state index contributed by atoms with van der Waals surface area (Å²) >= 11 is 0. The van der Waals surface area contributed by atoms with Gasteiger partial charge in [0.15, 0.2) is 0 Å². The normalized spacial score (nSPS) is 10.8. The number of carbonyl (C=O) groups excluding carboxylic acids is 2. The van der Waals surface area contributed by atoms with Crippen LogP contribution in [0.1, 0.15) is 20.7 Å². The van der Waals surface area contributed by atoms with Crippen molar-refractivity contribution in [3.8, 4) is 0 Å². The highest BCUT2D eigenvalue weighted by Crippen LogP contribution is 2.30. The van der Waals surface area contributed by atoms with Crippen LogP contribution >= 0.6 is 0 Å². The van der Waals surface area contributed by atoms with Crippen LogP contribution in [-0.2, 0) is 9.47 Å². The lowest BCUT2D eigenvalue weighted by Gasteiger charge is -1.98. The Morgan fingerprint density at radius 3 is 1.62 bits per heavy atom. The van der Waals surface area contributed by atoms with Crippen molar-refractivity contribution in [3.63, 3.8) is 0 Å². The van der Waals surface area contributed by atoms with Gasteiger partial charge in [0, 0.05) is 10.8 Å². The Kier molecular flexibility index (Phi) is 3.10. The van der Waals surface area contributed by atoms with E-state index in [2.05, 4.69) is 9.47 Å². The van der Waals surface area contributed by atoms with Gasteiger partial charge in [0.2, 0.25) is 0 Å². The number of methoxy groups -OCH3 is 2. The Balaban J connectivity index is 2.19. The Morgan fingerprint density at radius 1 is 0.810 bits per heavy atom. The maximum absolute atomic E-state index is 11.5. The van der Waals surface area contributed by atoms with Gasteiger partial charge in [-0.1, -0.05) is 0 Å². The highest BCUT2D eigenvalue weighted by molar-refractivity contribution is 6.08. The van der Waals surface area contributed by atoms with E-state index in [4.69, 9.17) is 4.42 Å². The summed E-state index contributed by atoms with van der Waals surface area (Å²) in [5, 5.41) is 1.74. The number of furan rings is 1. The molecule has 0 bridgehead atoms. The molecule has 5 heteroatoms. The third-order valence-electron chi connectivity index (χ3n) is 3.32. The second-order valence-electron chi connectivity index (χ2n) is 4.51. The van der Waals surface area contributed by atoms with Crippen molar-refractivity contribution in [2.24, 2.45) is 0 Å². The molecule has 0 atom stereocenters. The minimum atomic E-state index is -0.424. The van der Waals surface area contributed by atoms with E-state index < -0.39 is 11.9 Å². The molecule has 0 fully saturated rings. The summed E-state index contributed by atoms with van der Waals surface area (Å²) in [7, 11) is 2.65. The zero-order chi connectivity index (χ0) is 15.0. The Bertz CT molecular complexity index is 789. The van der Waals surface area contributed by atoms with E-state index in [1.807, 2.05) is 0 Å². The monoisotopic (exact) mass is 284 g/mol. The van der Waals surface area contributed by atoms with Crippen LogP contribution in [0.5, 0.6) is 0 Å². The first kappa shape index (κ1) is 13.2. The fourth-order valence-corrected chi connectivity index (χ4v) is 2.27. The summed E-state index contributed by atoms with van der Waals surface area (Å²) in [6.07, 6.45) is 0. The average Bonchev–Trinajstić information content (AvgIpc) is 2.89. The van der Waals surface area contributed by atoms with Crippen molar-refractivity contribution in [1.82, 2.24) is 0 Å². The molecule has 1 heterocycles. The molecule has 0 aliphatic rings. The fourth-order valence-electron chi connectivity index (χ4n) is 2.27. The molecule has 106 valence electrons. The third-order valence-corrected chi connectivity index (χ3v) is 3.32. The lowest BCUT2D eigenvalue weighted by molar-refractivity contribution is 0.0592. The zero-order valence-electron chi connectivity index (χ0n) is 11.5. The molecule has 0 radical (unpaired) electrons. The number of ether oxygens (including phenoxy) is 2. The van der Waals surface area contributed by atoms with Crippen LogP contribution in [-0.4, -0.2) is 26.2 Å². The van der Waals surface area contributed by atoms with E-state index in [-0.39, 0.29) is 0 Å². The van der Waals surface area contributed by atoms with Crippen LogP contribution in [0, 0.1) is 0 Å². The molecule has 0 saturated carbocycles.